The van der Waals surface area contributed by atoms with Crippen LogP contribution in [-0.2, 0) is 4.79 Å². The van der Waals surface area contributed by atoms with Crippen LogP contribution in [0.15, 0.2) is 47.7 Å². The number of alkyl halides is 3. The molecule has 0 radical (unpaired) electrons. The van der Waals surface area contributed by atoms with E-state index in [-0.39, 0.29) is 28.2 Å². The van der Waals surface area contributed by atoms with E-state index in [1.54, 1.807) is 0 Å². The molecule has 3 rings (SSSR count). The summed E-state index contributed by atoms with van der Waals surface area (Å²) < 4.78 is 56.7. The Morgan fingerprint density at radius 2 is 2.03 bits per heavy atom. The number of benzene rings is 1. The third-order valence-corrected chi connectivity index (χ3v) is 4.87. The number of aromatic nitrogens is 3. The second kappa shape index (κ2) is 11.6. The number of pyridine rings is 1. The van der Waals surface area contributed by atoms with Gasteiger partial charge in [-0.3, -0.25) is 0 Å². The van der Waals surface area contributed by atoms with Gasteiger partial charge in [-0.15, -0.1) is 0 Å². The zero-order chi connectivity index (χ0) is 27.2. The van der Waals surface area contributed by atoms with Gasteiger partial charge in [0.15, 0.2) is 5.82 Å². The van der Waals surface area contributed by atoms with Gasteiger partial charge in [0.25, 0.3) is 0 Å². The Bertz CT molecular complexity index is 1400. The lowest BCUT2D eigenvalue weighted by Gasteiger charge is -2.11. The minimum atomic E-state index is -4.81. The molecule has 2 heterocycles. The van der Waals surface area contributed by atoms with Crippen molar-refractivity contribution in [2.24, 2.45) is 4.99 Å². The number of carboxylic acids is 1. The van der Waals surface area contributed by atoms with E-state index in [9.17, 15) is 22.4 Å². The molecule has 0 aliphatic heterocycles. The van der Waals surface area contributed by atoms with E-state index in [1.165, 1.54) is 43.8 Å². The summed E-state index contributed by atoms with van der Waals surface area (Å²) in [6.07, 6.45) is 0.0674. The average Bonchev–Trinajstić information content (AvgIpc) is 2.84. The zero-order valence-corrected chi connectivity index (χ0v) is 19.6. The molecule has 37 heavy (non-hydrogen) atoms. The topological polar surface area (TPSA) is 133 Å². The molecular formula is C23H17ClF4N6O3. The summed E-state index contributed by atoms with van der Waals surface area (Å²) in [7, 11) is 1.34. The van der Waals surface area contributed by atoms with Crippen molar-refractivity contribution in [3.05, 3.63) is 59.1 Å². The van der Waals surface area contributed by atoms with Crippen LogP contribution < -0.4 is 10.1 Å². The van der Waals surface area contributed by atoms with Gasteiger partial charge in [0.1, 0.15) is 11.5 Å². The summed E-state index contributed by atoms with van der Waals surface area (Å²) in [5.74, 6) is -1.83. The van der Waals surface area contributed by atoms with Crippen molar-refractivity contribution in [2.45, 2.75) is 12.6 Å². The second-order valence-corrected chi connectivity index (χ2v) is 7.58. The molecule has 0 bridgehead atoms. The van der Waals surface area contributed by atoms with E-state index in [0.717, 1.165) is 18.4 Å². The van der Waals surface area contributed by atoms with Crippen molar-refractivity contribution in [3.63, 3.8) is 0 Å². The Morgan fingerprint density at radius 1 is 1.27 bits per heavy atom. The Kier molecular flexibility index (Phi) is 8.50. The van der Waals surface area contributed by atoms with Crippen molar-refractivity contribution < 1.29 is 32.2 Å². The molecule has 0 amide bonds. The first-order valence-electron chi connectivity index (χ1n) is 10.2. The summed E-state index contributed by atoms with van der Waals surface area (Å²) in [4.78, 5) is 27.4. The predicted octanol–water partition coefficient (Wildman–Crippen LogP) is 5.86. The van der Waals surface area contributed by atoms with Crippen LogP contribution in [0.5, 0.6) is 5.88 Å². The number of carbonyl (C=O) groups is 1. The molecule has 0 spiro atoms. The Hall–Kier alpha value is -4.39. The largest absolute Gasteiger partial charge is 0.481 e. The van der Waals surface area contributed by atoms with Crippen LogP contribution in [0.2, 0.25) is 5.02 Å². The molecule has 1 aromatic carbocycles. The van der Waals surface area contributed by atoms with E-state index >= 15 is 0 Å². The van der Waals surface area contributed by atoms with Gasteiger partial charge in [-0.2, -0.15) is 18.2 Å². The standard InChI is InChI=1S/C23H17ClF4N6O3/c1-37-21-12(2-5-19(35)36)8-13(10-31-21)15-11-32-22(33-14-3-4-17(25)16(24)9-14)34-20(15)30-7-6-18(29)23(26,27)28/h2-5,7-11,29H,6H2,1H3,(H,35,36)(H,32,33,34)/b5-2+,29-18?,30-7?. The Morgan fingerprint density at radius 3 is 2.68 bits per heavy atom. The molecule has 3 N–H and O–H groups in total. The van der Waals surface area contributed by atoms with Gasteiger partial charge in [0, 0.05) is 53.5 Å². The van der Waals surface area contributed by atoms with E-state index in [4.69, 9.17) is 26.9 Å². The summed E-state index contributed by atoms with van der Waals surface area (Å²) in [6, 6.07) is 5.29. The number of methoxy groups -OCH3 is 1. The number of nitrogens with zero attached hydrogens (tertiary/aromatic N) is 4. The highest BCUT2D eigenvalue weighted by Gasteiger charge is 2.33. The number of halogens is 5. The highest BCUT2D eigenvalue weighted by molar-refractivity contribution is 6.31. The molecule has 3 aromatic rings. The molecule has 0 saturated carbocycles. The van der Waals surface area contributed by atoms with Crippen molar-refractivity contribution in [2.75, 3.05) is 12.4 Å². The Labute approximate surface area is 212 Å². The van der Waals surface area contributed by atoms with Crippen LogP contribution in [-0.4, -0.2) is 51.2 Å². The maximum Gasteiger partial charge on any atom is 0.429 e. The number of aliphatic imine (C=N–C) groups is 1. The highest BCUT2D eigenvalue weighted by atomic mass is 35.5. The summed E-state index contributed by atoms with van der Waals surface area (Å²) in [5, 5.41) is 18.7. The number of aliphatic carboxylic acids is 1. The fourth-order valence-corrected chi connectivity index (χ4v) is 3.03. The van der Waals surface area contributed by atoms with Gasteiger partial charge >= 0.3 is 12.1 Å². The molecule has 0 fully saturated rings. The molecule has 14 heteroatoms. The van der Waals surface area contributed by atoms with Crippen molar-refractivity contribution in [1.29, 1.82) is 5.41 Å². The monoisotopic (exact) mass is 536 g/mol. The zero-order valence-electron chi connectivity index (χ0n) is 18.8. The molecule has 0 aliphatic rings. The van der Waals surface area contributed by atoms with Crippen LogP contribution >= 0.6 is 11.6 Å². The first-order valence-corrected chi connectivity index (χ1v) is 10.6. The van der Waals surface area contributed by atoms with E-state index < -0.39 is 30.1 Å². The molecule has 2 aromatic heterocycles. The fraction of sp³-hybridized carbons (Fsp3) is 0.130. The van der Waals surface area contributed by atoms with E-state index in [0.29, 0.717) is 16.8 Å². The minimum Gasteiger partial charge on any atom is -0.481 e. The first kappa shape index (κ1) is 27.2. The van der Waals surface area contributed by atoms with Gasteiger partial charge in [-0.1, -0.05) is 11.6 Å². The highest BCUT2D eigenvalue weighted by Crippen LogP contribution is 2.32. The lowest BCUT2D eigenvalue weighted by molar-refractivity contribution is -0.131. The maximum absolute atomic E-state index is 13.5. The SMILES string of the molecule is COc1ncc(-c2cnc(Nc3ccc(F)c(Cl)c3)nc2N=CCC(=N)C(F)(F)F)cc1/C=C/C(=O)O. The summed E-state index contributed by atoms with van der Waals surface area (Å²) in [5.41, 5.74) is -0.296. The first-order chi connectivity index (χ1) is 17.5. The molecule has 192 valence electrons. The Balaban J connectivity index is 2.04. The number of anilines is 2. The normalized spacial score (nSPS) is 11.7. The van der Waals surface area contributed by atoms with E-state index in [1.807, 2.05) is 0 Å². The van der Waals surface area contributed by atoms with Gasteiger partial charge in [-0.05, 0) is 30.3 Å². The van der Waals surface area contributed by atoms with Crippen molar-refractivity contribution >= 4 is 53.0 Å². The lowest BCUT2D eigenvalue weighted by Crippen LogP contribution is -2.21. The molecule has 0 aliphatic carbocycles. The van der Waals surface area contributed by atoms with Gasteiger partial charge in [-0.25, -0.2) is 24.1 Å². The molecule has 0 saturated heterocycles. The number of nitrogens with one attached hydrogen (secondary N) is 2. The van der Waals surface area contributed by atoms with Crippen molar-refractivity contribution in [1.82, 2.24) is 15.0 Å². The summed E-state index contributed by atoms with van der Waals surface area (Å²) >= 11 is 5.79. The smallest absolute Gasteiger partial charge is 0.429 e. The quantitative estimate of drug-likeness (QED) is 0.177. The number of rotatable bonds is 9. The number of ether oxygens (including phenoxy) is 1. The fourth-order valence-electron chi connectivity index (χ4n) is 2.84. The molecular weight excluding hydrogens is 520 g/mol. The van der Waals surface area contributed by atoms with Crippen LogP contribution in [0.3, 0.4) is 0 Å². The molecule has 9 nitrogen and oxygen atoms in total. The van der Waals surface area contributed by atoms with Gasteiger partial charge in [0.2, 0.25) is 11.8 Å². The second-order valence-electron chi connectivity index (χ2n) is 7.17. The number of carboxylic acid groups (broad SMARTS) is 1. The van der Waals surface area contributed by atoms with Crippen LogP contribution in [0.1, 0.15) is 12.0 Å². The van der Waals surface area contributed by atoms with Gasteiger partial charge < -0.3 is 20.6 Å². The summed E-state index contributed by atoms with van der Waals surface area (Å²) in [6.45, 7) is 0. The predicted molar refractivity (Wildman–Crippen MR) is 130 cm³/mol. The number of hydrogen-bond acceptors (Lipinski definition) is 8. The lowest BCUT2D eigenvalue weighted by atomic mass is 10.1. The molecule has 0 unspecified atom stereocenters. The third kappa shape index (κ3) is 7.30. The number of hydrogen-bond donors (Lipinski definition) is 3. The molecule has 0 atom stereocenters. The minimum absolute atomic E-state index is 0.0306. The van der Waals surface area contributed by atoms with Crippen LogP contribution in [0.25, 0.3) is 17.2 Å². The maximum atomic E-state index is 13.5. The average molecular weight is 537 g/mol. The third-order valence-electron chi connectivity index (χ3n) is 4.58. The van der Waals surface area contributed by atoms with Crippen LogP contribution in [0, 0.1) is 11.2 Å². The van der Waals surface area contributed by atoms with Crippen molar-refractivity contribution in [3.8, 4) is 17.0 Å². The van der Waals surface area contributed by atoms with Gasteiger partial charge in [0.05, 0.1) is 12.1 Å². The van der Waals surface area contributed by atoms with E-state index in [2.05, 4.69) is 25.3 Å². The van der Waals surface area contributed by atoms with Crippen LogP contribution in [0.4, 0.5) is 35.0 Å².